The summed E-state index contributed by atoms with van der Waals surface area (Å²) in [5.41, 5.74) is 1.09. The minimum Gasteiger partial charge on any atom is -0.497 e. The van der Waals surface area contributed by atoms with Crippen LogP contribution in [0.25, 0.3) is 11.4 Å². The van der Waals surface area contributed by atoms with Crippen molar-refractivity contribution in [1.82, 2.24) is 14.8 Å². The van der Waals surface area contributed by atoms with Crippen molar-refractivity contribution in [2.24, 2.45) is 0 Å². The maximum atomic E-state index is 5.23. The van der Waals surface area contributed by atoms with Crippen molar-refractivity contribution in [2.45, 2.75) is 38.4 Å². The van der Waals surface area contributed by atoms with E-state index in [-0.39, 0.29) is 0 Å². The van der Waals surface area contributed by atoms with Crippen molar-refractivity contribution in [2.75, 3.05) is 24.4 Å². The zero-order chi connectivity index (χ0) is 16.5. The fraction of sp³-hybridized carbons (Fsp3) is 0.529. The summed E-state index contributed by atoms with van der Waals surface area (Å²) in [6.07, 6.45) is 2.30. The van der Waals surface area contributed by atoms with E-state index in [1.807, 2.05) is 36.0 Å². The van der Waals surface area contributed by atoms with Crippen LogP contribution >= 0.6 is 23.5 Å². The monoisotopic (exact) mass is 351 g/mol. The minimum absolute atomic E-state index is 0.861. The molecule has 2 aromatic rings. The van der Waals surface area contributed by atoms with Gasteiger partial charge >= 0.3 is 0 Å². The van der Waals surface area contributed by atoms with E-state index in [0.29, 0.717) is 0 Å². The zero-order valence-corrected chi connectivity index (χ0v) is 15.8. The van der Waals surface area contributed by atoms with Crippen LogP contribution in [-0.2, 0) is 6.54 Å². The van der Waals surface area contributed by atoms with Crippen molar-refractivity contribution < 1.29 is 4.74 Å². The molecular weight excluding hydrogens is 326 g/mol. The molecule has 1 aromatic heterocycles. The van der Waals surface area contributed by atoms with Crippen LogP contribution < -0.4 is 4.74 Å². The van der Waals surface area contributed by atoms with Gasteiger partial charge in [0.05, 0.1) is 7.11 Å². The van der Waals surface area contributed by atoms with E-state index in [9.17, 15) is 0 Å². The number of unbranched alkanes of at least 4 members (excludes halogenated alkanes) is 1. The molecule has 0 bridgehead atoms. The van der Waals surface area contributed by atoms with Crippen molar-refractivity contribution >= 4 is 23.5 Å². The van der Waals surface area contributed by atoms with E-state index in [1.165, 1.54) is 5.75 Å². The molecule has 0 saturated carbocycles. The van der Waals surface area contributed by atoms with Crippen LogP contribution in [0.1, 0.15) is 26.7 Å². The fourth-order valence-electron chi connectivity index (χ4n) is 2.20. The molecule has 126 valence electrons. The highest BCUT2D eigenvalue weighted by molar-refractivity contribution is 8.02. The molecule has 4 nitrogen and oxygen atoms in total. The summed E-state index contributed by atoms with van der Waals surface area (Å²) in [7, 11) is 1.68. The van der Waals surface area contributed by atoms with Gasteiger partial charge in [0.2, 0.25) is 0 Å². The van der Waals surface area contributed by atoms with Crippen molar-refractivity contribution in [3.8, 4) is 17.1 Å². The highest BCUT2D eigenvalue weighted by Gasteiger charge is 2.14. The van der Waals surface area contributed by atoms with E-state index < -0.39 is 0 Å². The molecule has 0 saturated heterocycles. The summed E-state index contributed by atoms with van der Waals surface area (Å²) >= 11 is 3.77. The van der Waals surface area contributed by atoms with E-state index in [1.54, 1.807) is 18.9 Å². The van der Waals surface area contributed by atoms with Gasteiger partial charge in [0.1, 0.15) is 5.75 Å². The van der Waals surface area contributed by atoms with Gasteiger partial charge in [0, 0.05) is 23.6 Å². The minimum atomic E-state index is 0.861. The average Bonchev–Trinajstić information content (AvgIpc) is 2.99. The Morgan fingerprint density at radius 1 is 1.09 bits per heavy atom. The largest absolute Gasteiger partial charge is 0.497 e. The summed E-state index contributed by atoms with van der Waals surface area (Å²) in [5.74, 6) is 5.21. The van der Waals surface area contributed by atoms with Gasteiger partial charge in [-0.3, -0.25) is 0 Å². The summed E-state index contributed by atoms with van der Waals surface area (Å²) in [4.78, 5) is 0. The molecular formula is C17H25N3OS2. The Labute approximate surface area is 147 Å². The number of thioether (sulfide) groups is 2. The molecule has 0 atom stereocenters. The number of rotatable bonds is 10. The highest BCUT2D eigenvalue weighted by Crippen LogP contribution is 2.26. The Kier molecular flexibility index (Phi) is 7.82. The second-order valence-electron chi connectivity index (χ2n) is 5.09. The average molecular weight is 352 g/mol. The lowest BCUT2D eigenvalue weighted by molar-refractivity contribution is 0.415. The summed E-state index contributed by atoms with van der Waals surface area (Å²) < 4.78 is 7.49. The molecule has 0 amide bonds. The highest BCUT2D eigenvalue weighted by atomic mass is 32.2. The number of hydrogen-bond donors (Lipinski definition) is 0. The Morgan fingerprint density at radius 3 is 2.52 bits per heavy atom. The van der Waals surface area contributed by atoms with Crippen LogP contribution in [-0.4, -0.2) is 39.1 Å². The van der Waals surface area contributed by atoms with Crippen LogP contribution in [0.5, 0.6) is 5.75 Å². The second kappa shape index (κ2) is 9.88. The smallest absolute Gasteiger partial charge is 0.191 e. The standard InChI is InChI=1S/C17H25N3OS2/c1-4-6-11-20-16(14-7-9-15(21-3)10-8-14)18-19-17(20)23-13-12-22-5-2/h7-10H,4-6,11-13H2,1-3H3. The van der Waals surface area contributed by atoms with Gasteiger partial charge in [0.15, 0.2) is 11.0 Å². The Morgan fingerprint density at radius 2 is 1.87 bits per heavy atom. The Balaban J connectivity index is 2.18. The molecule has 0 aliphatic carbocycles. The molecule has 1 heterocycles. The number of benzene rings is 1. The van der Waals surface area contributed by atoms with Crippen molar-refractivity contribution in [1.29, 1.82) is 0 Å². The third-order valence-corrected chi connectivity index (χ3v) is 5.59. The summed E-state index contributed by atoms with van der Waals surface area (Å²) in [5, 5.41) is 9.89. The number of hydrogen-bond acceptors (Lipinski definition) is 5. The molecule has 23 heavy (non-hydrogen) atoms. The van der Waals surface area contributed by atoms with Gasteiger partial charge in [-0.05, 0) is 36.4 Å². The lowest BCUT2D eigenvalue weighted by Gasteiger charge is -2.10. The number of ether oxygens (including phenoxy) is 1. The number of aromatic nitrogens is 3. The van der Waals surface area contributed by atoms with Crippen LogP contribution in [0.15, 0.2) is 29.4 Å². The van der Waals surface area contributed by atoms with E-state index >= 15 is 0 Å². The molecule has 0 fully saturated rings. The lowest BCUT2D eigenvalue weighted by atomic mass is 10.2. The van der Waals surface area contributed by atoms with E-state index in [2.05, 4.69) is 28.6 Å². The van der Waals surface area contributed by atoms with Gasteiger partial charge in [-0.25, -0.2) is 0 Å². The van der Waals surface area contributed by atoms with Gasteiger partial charge in [-0.2, -0.15) is 11.8 Å². The third kappa shape index (κ3) is 5.18. The normalized spacial score (nSPS) is 10.9. The van der Waals surface area contributed by atoms with Crippen molar-refractivity contribution in [3.05, 3.63) is 24.3 Å². The van der Waals surface area contributed by atoms with Crippen LogP contribution in [0.4, 0.5) is 0 Å². The summed E-state index contributed by atoms with van der Waals surface area (Å²) in [6.45, 7) is 5.37. The number of nitrogens with zero attached hydrogens (tertiary/aromatic N) is 3. The van der Waals surface area contributed by atoms with Gasteiger partial charge < -0.3 is 9.30 Å². The lowest BCUT2D eigenvalue weighted by Crippen LogP contribution is -2.03. The maximum Gasteiger partial charge on any atom is 0.191 e. The quantitative estimate of drug-likeness (QED) is 0.462. The molecule has 0 unspecified atom stereocenters. The number of methoxy groups -OCH3 is 1. The molecule has 6 heteroatoms. The molecule has 1 aromatic carbocycles. The van der Waals surface area contributed by atoms with Crippen LogP contribution in [0.2, 0.25) is 0 Å². The topological polar surface area (TPSA) is 39.9 Å². The molecule has 2 rings (SSSR count). The second-order valence-corrected chi connectivity index (χ2v) is 7.54. The fourth-order valence-corrected chi connectivity index (χ4v) is 3.91. The molecule has 0 N–H and O–H groups in total. The molecule has 0 aliphatic rings. The van der Waals surface area contributed by atoms with Gasteiger partial charge in [-0.15, -0.1) is 10.2 Å². The van der Waals surface area contributed by atoms with Crippen LogP contribution in [0.3, 0.4) is 0 Å². The van der Waals surface area contributed by atoms with Crippen LogP contribution in [0, 0.1) is 0 Å². The molecule has 0 aliphatic heterocycles. The molecule has 0 spiro atoms. The maximum absolute atomic E-state index is 5.23. The Bertz CT molecular complexity index is 584. The SMILES string of the molecule is CCCCn1c(SCCSCC)nnc1-c1ccc(OC)cc1. The van der Waals surface area contributed by atoms with Gasteiger partial charge in [-0.1, -0.05) is 32.0 Å². The van der Waals surface area contributed by atoms with Gasteiger partial charge in [0.25, 0.3) is 0 Å². The first-order valence-corrected chi connectivity index (χ1v) is 10.2. The van der Waals surface area contributed by atoms with E-state index in [4.69, 9.17) is 4.74 Å². The van der Waals surface area contributed by atoms with E-state index in [0.717, 1.165) is 53.2 Å². The first-order valence-electron chi connectivity index (χ1n) is 8.08. The predicted molar refractivity (Wildman–Crippen MR) is 101 cm³/mol. The zero-order valence-electron chi connectivity index (χ0n) is 14.1. The predicted octanol–water partition coefficient (Wildman–Crippen LogP) is 4.60. The molecule has 0 radical (unpaired) electrons. The van der Waals surface area contributed by atoms with Crippen molar-refractivity contribution in [3.63, 3.8) is 0 Å². The first-order chi connectivity index (χ1) is 11.3. The first kappa shape index (κ1) is 18.2. The Hall–Kier alpha value is -1.14. The summed E-state index contributed by atoms with van der Waals surface area (Å²) in [6, 6.07) is 8.04. The third-order valence-electron chi connectivity index (χ3n) is 3.46.